The number of carbonyl (C=O) groups is 1. The maximum Gasteiger partial charge on any atom is 0.294 e. The van der Waals surface area contributed by atoms with Gasteiger partial charge in [-0.25, -0.2) is 4.68 Å². The van der Waals surface area contributed by atoms with Crippen molar-refractivity contribution in [2.24, 2.45) is 0 Å². The molecular formula is C14H14N4O3. The van der Waals surface area contributed by atoms with E-state index in [9.17, 15) is 14.9 Å². The number of nitrogens with one attached hydrogen (secondary N) is 1. The highest BCUT2D eigenvalue weighted by Crippen LogP contribution is 2.21. The van der Waals surface area contributed by atoms with E-state index in [0.29, 0.717) is 12.2 Å². The molecule has 21 heavy (non-hydrogen) atoms. The fourth-order valence-electron chi connectivity index (χ4n) is 1.76. The van der Waals surface area contributed by atoms with Gasteiger partial charge in [0.25, 0.3) is 5.69 Å². The van der Waals surface area contributed by atoms with Gasteiger partial charge in [-0.3, -0.25) is 14.9 Å². The second kappa shape index (κ2) is 6.47. The lowest BCUT2D eigenvalue weighted by Gasteiger charge is -2.01. The number of carbonyl (C=O) groups excluding carboxylic acids is 1. The Kier molecular flexibility index (Phi) is 4.45. The van der Waals surface area contributed by atoms with Crippen LogP contribution in [0.4, 0.5) is 5.69 Å². The van der Waals surface area contributed by atoms with Crippen LogP contribution in [0.2, 0.25) is 0 Å². The van der Waals surface area contributed by atoms with E-state index in [-0.39, 0.29) is 11.6 Å². The Balaban J connectivity index is 2.17. The zero-order chi connectivity index (χ0) is 15.2. The molecule has 1 aromatic heterocycles. The monoisotopic (exact) mass is 286 g/mol. The fraction of sp³-hybridized carbons (Fsp3) is 0.143. The summed E-state index contributed by atoms with van der Waals surface area (Å²) in [5.74, 6) is -0.102. The Hall–Kier alpha value is -2.96. The number of aromatic nitrogens is 2. The highest BCUT2D eigenvalue weighted by Gasteiger charge is 2.14. The van der Waals surface area contributed by atoms with Crippen molar-refractivity contribution in [3.05, 3.63) is 58.4 Å². The molecule has 0 aliphatic heterocycles. The summed E-state index contributed by atoms with van der Waals surface area (Å²) in [6.45, 7) is 1.87. The van der Waals surface area contributed by atoms with Crippen LogP contribution < -0.4 is 5.32 Å². The van der Waals surface area contributed by atoms with Crippen LogP contribution in [0.25, 0.3) is 11.8 Å². The van der Waals surface area contributed by atoms with E-state index in [1.165, 1.54) is 17.7 Å². The number of nitrogens with zero attached hydrogens (tertiary/aromatic N) is 3. The van der Waals surface area contributed by atoms with Gasteiger partial charge in [0.2, 0.25) is 5.91 Å². The molecule has 2 rings (SSSR count). The Morgan fingerprint density at radius 1 is 1.48 bits per heavy atom. The molecule has 1 amide bonds. The number of para-hydroxylation sites is 2. The Labute approximate surface area is 121 Å². The maximum atomic E-state index is 11.0. The second-order valence-electron chi connectivity index (χ2n) is 4.30. The summed E-state index contributed by atoms with van der Waals surface area (Å²) in [5, 5.41) is 17.7. The molecule has 1 N–H and O–H groups in total. The van der Waals surface area contributed by atoms with Gasteiger partial charge in [0.15, 0.2) is 0 Å². The fourth-order valence-corrected chi connectivity index (χ4v) is 1.76. The molecule has 1 heterocycles. The first-order chi connectivity index (χ1) is 10.1. The molecule has 7 nitrogen and oxygen atoms in total. The predicted molar refractivity (Wildman–Crippen MR) is 77.9 cm³/mol. The van der Waals surface area contributed by atoms with Gasteiger partial charge in [0, 0.05) is 31.3 Å². The molecular weight excluding hydrogens is 272 g/mol. The van der Waals surface area contributed by atoms with Crippen molar-refractivity contribution in [1.29, 1.82) is 0 Å². The number of benzene rings is 1. The van der Waals surface area contributed by atoms with Crippen molar-refractivity contribution in [1.82, 2.24) is 15.1 Å². The van der Waals surface area contributed by atoms with Crippen LogP contribution in [0.5, 0.6) is 0 Å². The third kappa shape index (κ3) is 3.75. The van der Waals surface area contributed by atoms with Gasteiger partial charge in [0.1, 0.15) is 5.69 Å². The largest absolute Gasteiger partial charge is 0.353 e. The van der Waals surface area contributed by atoms with Crippen LogP contribution in [0.15, 0.2) is 42.7 Å². The predicted octanol–water partition coefficient (Wildman–Crippen LogP) is 1.93. The zero-order valence-electron chi connectivity index (χ0n) is 11.4. The van der Waals surface area contributed by atoms with Gasteiger partial charge in [-0.05, 0) is 6.07 Å². The van der Waals surface area contributed by atoms with Crippen molar-refractivity contribution < 1.29 is 9.72 Å². The minimum absolute atomic E-state index is 0.00521. The molecule has 7 heteroatoms. The van der Waals surface area contributed by atoms with Gasteiger partial charge >= 0.3 is 0 Å². The van der Waals surface area contributed by atoms with E-state index < -0.39 is 4.92 Å². The van der Waals surface area contributed by atoms with Gasteiger partial charge in [-0.15, -0.1) is 0 Å². The number of nitro benzene ring substituents is 1. The highest BCUT2D eigenvalue weighted by atomic mass is 16.6. The van der Waals surface area contributed by atoms with Crippen molar-refractivity contribution in [2.75, 3.05) is 6.54 Å². The molecule has 0 aliphatic carbocycles. The molecule has 0 bridgehead atoms. The lowest BCUT2D eigenvalue weighted by molar-refractivity contribution is -0.384. The van der Waals surface area contributed by atoms with Crippen LogP contribution in [0, 0.1) is 10.1 Å². The summed E-state index contributed by atoms with van der Waals surface area (Å²) in [6, 6.07) is 6.40. The molecule has 0 unspecified atom stereocenters. The van der Waals surface area contributed by atoms with Gasteiger partial charge in [-0.2, -0.15) is 5.10 Å². The first-order valence-corrected chi connectivity index (χ1v) is 6.27. The second-order valence-corrected chi connectivity index (χ2v) is 4.30. The average Bonchev–Trinajstić information content (AvgIpc) is 2.92. The number of amides is 1. The summed E-state index contributed by atoms with van der Waals surface area (Å²) in [7, 11) is 0. The van der Waals surface area contributed by atoms with Crippen molar-refractivity contribution in [2.45, 2.75) is 6.92 Å². The highest BCUT2D eigenvalue weighted by molar-refractivity contribution is 5.73. The number of rotatable bonds is 5. The van der Waals surface area contributed by atoms with E-state index in [4.69, 9.17) is 0 Å². The molecule has 0 spiro atoms. The smallest absolute Gasteiger partial charge is 0.294 e. The van der Waals surface area contributed by atoms with Crippen LogP contribution in [0.1, 0.15) is 12.5 Å². The molecule has 1 aromatic carbocycles. The van der Waals surface area contributed by atoms with E-state index >= 15 is 0 Å². The number of hydrogen-bond acceptors (Lipinski definition) is 4. The third-order valence-electron chi connectivity index (χ3n) is 2.71. The minimum Gasteiger partial charge on any atom is -0.353 e. The molecule has 0 aliphatic rings. The average molecular weight is 286 g/mol. The summed E-state index contributed by atoms with van der Waals surface area (Å²) in [4.78, 5) is 21.3. The third-order valence-corrected chi connectivity index (χ3v) is 2.71. The lowest BCUT2D eigenvalue weighted by Crippen LogP contribution is -2.19. The van der Waals surface area contributed by atoms with Crippen LogP contribution in [0.3, 0.4) is 0 Å². The topological polar surface area (TPSA) is 90.1 Å². The number of nitro groups is 1. The van der Waals surface area contributed by atoms with Gasteiger partial charge < -0.3 is 5.32 Å². The summed E-state index contributed by atoms with van der Waals surface area (Å²) in [6.07, 6.45) is 6.85. The molecule has 0 fully saturated rings. The van der Waals surface area contributed by atoms with Gasteiger partial charge in [-0.1, -0.05) is 24.3 Å². The Morgan fingerprint density at radius 2 is 2.24 bits per heavy atom. The normalized spacial score (nSPS) is 10.7. The Morgan fingerprint density at radius 3 is 2.95 bits per heavy atom. The quantitative estimate of drug-likeness (QED) is 0.671. The standard InChI is InChI=1S/C14H14N4O3/c1-11(19)15-8-4-5-12-9-16-17(10-12)13-6-2-3-7-14(13)18(20)21/h2-7,9-10H,8H2,1H3,(H,15,19). The maximum absolute atomic E-state index is 11.0. The first kappa shape index (κ1) is 14.4. The lowest BCUT2D eigenvalue weighted by atomic mass is 10.2. The molecule has 0 saturated heterocycles. The van der Waals surface area contributed by atoms with Crippen molar-refractivity contribution >= 4 is 17.7 Å². The van der Waals surface area contributed by atoms with Crippen molar-refractivity contribution in [3.8, 4) is 5.69 Å². The molecule has 0 radical (unpaired) electrons. The van der Waals surface area contributed by atoms with Crippen LogP contribution in [-0.2, 0) is 4.79 Å². The summed E-state index contributed by atoms with van der Waals surface area (Å²) >= 11 is 0. The van der Waals surface area contributed by atoms with Crippen LogP contribution in [-0.4, -0.2) is 27.2 Å². The molecule has 0 saturated carbocycles. The molecule has 0 atom stereocenters. The van der Waals surface area contributed by atoms with E-state index in [1.807, 2.05) is 0 Å². The number of hydrogen-bond donors (Lipinski definition) is 1. The van der Waals surface area contributed by atoms with Crippen LogP contribution >= 0.6 is 0 Å². The van der Waals surface area contributed by atoms with Gasteiger partial charge in [0.05, 0.1) is 11.1 Å². The zero-order valence-corrected chi connectivity index (χ0v) is 11.4. The SMILES string of the molecule is CC(=O)NCC=Cc1cnn(-c2ccccc2[N+](=O)[O-])c1. The van der Waals surface area contributed by atoms with Crippen molar-refractivity contribution in [3.63, 3.8) is 0 Å². The Bertz CT molecular complexity index is 691. The first-order valence-electron chi connectivity index (χ1n) is 6.27. The van der Waals surface area contributed by atoms with E-state index in [2.05, 4.69) is 10.4 Å². The molecule has 108 valence electrons. The van der Waals surface area contributed by atoms with E-state index in [0.717, 1.165) is 5.56 Å². The summed E-state index contributed by atoms with van der Waals surface area (Å²) < 4.78 is 1.45. The minimum atomic E-state index is -0.441. The van der Waals surface area contributed by atoms with E-state index in [1.54, 1.807) is 42.7 Å². The molecule has 2 aromatic rings. The summed E-state index contributed by atoms with van der Waals surface area (Å²) in [5.41, 5.74) is 1.19.